The molecule has 4 heteroatoms. The molecule has 0 saturated heterocycles. The normalized spacial score (nSPS) is 10.8. The van der Waals surface area contributed by atoms with Crippen LogP contribution < -0.4 is 5.32 Å². The molecule has 1 aromatic rings. The maximum Gasteiger partial charge on any atom is 0.132 e. The highest BCUT2D eigenvalue weighted by molar-refractivity contribution is 5.44. The molecule has 0 aliphatic carbocycles. The van der Waals surface area contributed by atoms with Crippen LogP contribution in [0.4, 0.5) is 5.82 Å². The molecule has 0 aromatic carbocycles. The van der Waals surface area contributed by atoms with E-state index in [1.807, 2.05) is 20.9 Å². The highest BCUT2D eigenvalue weighted by Crippen LogP contribution is 2.14. The molecule has 84 valence electrons. The molecule has 1 heterocycles. The SMILES string of the molecule is CNc1nc(CCN(C)C)nc(C)c1C. The molecular weight excluding hydrogens is 188 g/mol. The third-order valence-corrected chi connectivity index (χ3v) is 2.45. The lowest BCUT2D eigenvalue weighted by Crippen LogP contribution is -2.17. The van der Waals surface area contributed by atoms with E-state index in [0.717, 1.165) is 35.9 Å². The smallest absolute Gasteiger partial charge is 0.132 e. The summed E-state index contributed by atoms with van der Waals surface area (Å²) in [7, 11) is 6.00. The number of aromatic nitrogens is 2. The first-order valence-electron chi connectivity index (χ1n) is 5.21. The first-order chi connectivity index (χ1) is 7.04. The fraction of sp³-hybridized carbons (Fsp3) is 0.636. The number of hydrogen-bond acceptors (Lipinski definition) is 4. The summed E-state index contributed by atoms with van der Waals surface area (Å²) in [5.41, 5.74) is 2.19. The van der Waals surface area contributed by atoms with Gasteiger partial charge >= 0.3 is 0 Å². The van der Waals surface area contributed by atoms with Crippen LogP contribution in [0.25, 0.3) is 0 Å². The Hall–Kier alpha value is -1.16. The van der Waals surface area contributed by atoms with Gasteiger partial charge in [-0.05, 0) is 27.9 Å². The molecule has 1 rings (SSSR count). The zero-order chi connectivity index (χ0) is 11.4. The van der Waals surface area contributed by atoms with Crippen LogP contribution in [0.5, 0.6) is 0 Å². The third-order valence-electron chi connectivity index (χ3n) is 2.45. The van der Waals surface area contributed by atoms with Gasteiger partial charge in [0.25, 0.3) is 0 Å². The Kier molecular flexibility index (Phi) is 4.03. The van der Waals surface area contributed by atoms with Crippen molar-refractivity contribution in [3.63, 3.8) is 0 Å². The Balaban J connectivity index is 2.86. The van der Waals surface area contributed by atoms with E-state index in [0.29, 0.717) is 0 Å². The summed E-state index contributed by atoms with van der Waals surface area (Å²) in [6, 6.07) is 0. The van der Waals surface area contributed by atoms with Gasteiger partial charge in [0, 0.05) is 31.3 Å². The van der Waals surface area contributed by atoms with Crippen molar-refractivity contribution < 1.29 is 0 Å². The van der Waals surface area contributed by atoms with Crippen molar-refractivity contribution >= 4 is 5.82 Å². The minimum atomic E-state index is 0.892. The van der Waals surface area contributed by atoms with Crippen LogP contribution in [-0.2, 0) is 6.42 Å². The van der Waals surface area contributed by atoms with Crippen molar-refractivity contribution in [2.45, 2.75) is 20.3 Å². The zero-order valence-corrected chi connectivity index (χ0v) is 10.3. The van der Waals surface area contributed by atoms with Crippen LogP contribution >= 0.6 is 0 Å². The molecule has 4 nitrogen and oxygen atoms in total. The molecular formula is C11H20N4. The minimum Gasteiger partial charge on any atom is -0.373 e. The molecule has 0 amide bonds. The highest BCUT2D eigenvalue weighted by atomic mass is 15.1. The van der Waals surface area contributed by atoms with Crippen LogP contribution in [0.1, 0.15) is 17.1 Å². The quantitative estimate of drug-likeness (QED) is 0.808. The van der Waals surface area contributed by atoms with E-state index < -0.39 is 0 Å². The standard InChI is InChI=1S/C11H20N4/c1-8-9(2)13-10(6-7-15(4)5)14-11(8)12-3/h6-7H2,1-5H3,(H,12,13,14). The maximum absolute atomic E-state index is 4.48. The molecule has 0 unspecified atom stereocenters. The average molecular weight is 208 g/mol. The Bertz CT molecular complexity index is 334. The summed E-state index contributed by atoms with van der Waals surface area (Å²) >= 11 is 0. The van der Waals surface area contributed by atoms with Crippen LogP contribution in [0.15, 0.2) is 0 Å². The van der Waals surface area contributed by atoms with Gasteiger partial charge in [0.15, 0.2) is 0 Å². The monoisotopic (exact) mass is 208 g/mol. The lowest BCUT2D eigenvalue weighted by Gasteiger charge is -2.11. The average Bonchev–Trinajstić information content (AvgIpc) is 2.19. The van der Waals surface area contributed by atoms with E-state index in [4.69, 9.17) is 0 Å². The number of likely N-dealkylation sites (N-methyl/N-ethyl adjacent to an activating group) is 1. The van der Waals surface area contributed by atoms with Gasteiger partial charge in [-0.15, -0.1) is 0 Å². The number of nitrogens with zero attached hydrogens (tertiary/aromatic N) is 3. The molecule has 15 heavy (non-hydrogen) atoms. The molecule has 0 aliphatic heterocycles. The van der Waals surface area contributed by atoms with Crippen LogP contribution in [0, 0.1) is 13.8 Å². The van der Waals surface area contributed by atoms with Crippen molar-refractivity contribution in [2.75, 3.05) is 33.0 Å². The summed E-state index contributed by atoms with van der Waals surface area (Å²) in [6.07, 6.45) is 0.892. The molecule has 0 bridgehead atoms. The van der Waals surface area contributed by atoms with Gasteiger partial charge in [-0.3, -0.25) is 0 Å². The summed E-state index contributed by atoms with van der Waals surface area (Å²) in [6.45, 7) is 5.04. The topological polar surface area (TPSA) is 41.1 Å². The predicted octanol–water partition coefficient (Wildman–Crippen LogP) is 1.24. The molecule has 0 atom stereocenters. The Morgan fingerprint density at radius 1 is 1.20 bits per heavy atom. The summed E-state index contributed by atoms with van der Waals surface area (Å²) in [4.78, 5) is 11.1. The number of nitrogens with one attached hydrogen (secondary N) is 1. The Morgan fingerprint density at radius 2 is 1.87 bits per heavy atom. The molecule has 1 N–H and O–H groups in total. The van der Waals surface area contributed by atoms with Crippen molar-refractivity contribution in [3.05, 3.63) is 17.1 Å². The van der Waals surface area contributed by atoms with Gasteiger partial charge in [-0.25, -0.2) is 9.97 Å². The minimum absolute atomic E-state index is 0.892. The fourth-order valence-corrected chi connectivity index (χ4v) is 1.37. The highest BCUT2D eigenvalue weighted by Gasteiger charge is 2.06. The first-order valence-corrected chi connectivity index (χ1v) is 5.21. The second-order valence-electron chi connectivity index (χ2n) is 4.00. The predicted molar refractivity (Wildman–Crippen MR) is 63.3 cm³/mol. The van der Waals surface area contributed by atoms with Crippen molar-refractivity contribution in [2.24, 2.45) is 0 Å². The molecule has 0 spiro atoms. The number of anilines is 1. The molecule has 0 radical (unpaired) electrons. The van der Waals surface area contributed by atoms with E-state index >= 15 is 0 Å². The third kappa shape index (κ3) is 3.16. The summed E-state index contributed by atoms with van der Waals surface area (Å²) < 4.78 is 0. The largest absolute Gasteiger partial charge is 0.373 e. The van der Waals surface area contributed by atoms with E-state index in [1.165, 1.54) is 0 Å². The number of rotatable bonds is 4. The molecule has 0 aliphatic rings. The maximum atomic E-state index is 4.48. The van der Waals surface area contributed by atoms with Gasteiger partial charge in [0.2, 0.25) is 0 Å². The fourth-order valence-electron chi connectivity index (χ4n) is 1.37. The van der Waals surface area contributed by atoms with Crippen molar-refractivity contribution in [3.8, 4) is 0 Å². The lowest BCUT2D eigenvalue weighted by molar-refractivity contribution is 0.409. The molecule has 0 fully saturated rings. The van der Waals surface area contributed by atoms with Gasteiger partial charge in [0.05, 0.1) is 0 Å². The van der Waals surface area contributed by atoms with E-state index in [2.05, 4.69) is 34.3 Å². The Labute approximate surface area is 91.7 Å². The van der Waals surface area contributed by atoms with Crippen molar-refractivity contribution in [1.29, 1.82) is 0 Å². The van der Waals surface area contributed by atoms with Crippen molar-refractivity contribution in [1.82, 2.24) is 14.9 Å². The van der Waals surface area contributed by atoms with Gasteiger partial charge < -0.3 is 10.2 Å². The summed E-state index contributed by atoms with van der Waals surface area (Å²) in [5.74, 6) is 1.85. The van der Waals surface area contributed by atoms with Crippen LogP contribution in [0.3, 0.4) is 0 Å². The Morgan fingerprint density at radius 3 is 2.40 bits per heavy atom. The first kappa shape index (κ1) is 11.9. The van der Waals surface area contributed by atoms with Gasteiger partial charge in [0.1, 0.15) is 11.6 Å². The van der Waals surface area contributed by atoms with E-state index in [9.17, 15) is 0 Å². The second-order valence-corrected chi connectivity index (χ2v) is 4.00. The van der Waals surface area contributed by atoms with E-state index in [1.54, 1.807) is 0 Å². The second kappa shape index (κ2) is 5.07. The van der Waals surface area contributed by atoms with Gasteiger partial charge in [-0.1, -0.05) is 0 Å². The summed E-state index contributed by atoms with van der Waals surface area (Å²) in [5, 5.41) is 3.10. The number of hydrogen-bond donors (Lipinski definition) is 1. The van der Waals surface area contributed by atoms with Crippen LogP contribution in [-0.4, -0.2) is 42.6 Å². The van der Waals surface area contributed by atoms with Gasteiger partial charge in [-0.2, -0.15) is 0 Å². The number of aryl methyl sites for hydroxylation is 1. The lowest BCUT2D eigenvalue weighted by atomic mass is 10.2. The zero-order valence-electron chi connectivity index (χ0n) is 10.3. The molecule has 0 saturated carbocycles. The van der Waals surface area contributed by atoms with E-state index in [-0.39, 0.29) is 0 Å². The van der Waals surface area contributed by atoms with Crippen LogP contribution in [0.2, 0.25) is 0 Å². The molecule has 1 aromatic heterocycles.